The molecule has 34 heavy (non-hydrogen) atoms. The lowest BCUT2D eigenvalue weighted by Gasteiger charge is -2.37. The van der Waals surface area contributed by atoms with Crippen molar-refractivity contribution >= 4 is 17.5 Å². The largest absolute Gasteiger partial charge is 0.491 e. The number of rotatable bonds is 5. The molecule has 2 saturated carbocycles. The SMILES string of the molecule is CO[C@@H]1CN(C)C(=O)c2ccc(NC(=O)C3CC3)cc2OC[C@H](C)N(CC2CCCC2)C[C@@H]1C. The highest BCUT2D eigenvalue weighted by Crippen LogP contribution is 2.32. The van der Waals surface area contributed by atoms with Crippen molar-refractivity contribution < 1.29 is 19.1 Å². The number of nitrogens with one attached hydrogen (secondary N) is 1. The fraction of sp³-hybridized carbons (Fsp3) is 0.704. The molecule has 2 aliphatic carbocycles. The van der Waals surface area contributed by atoms with E-state index in [4.69, 9.17) is 9.47 Å². The molecule has 3 aliphatic rings. The van der Waals surface area contributed by atoms with E-state index in [1.807, 2.05) is 7.05 Å². The first-order chi connectivity index (χ1) is 16.4. The highest BCUT2D eigenvalue weighted by Gasteiger charge is 2.31. The van der Waals surface area contributed by atoms with Crippen molar-refractivity contribution in [3.63, 3.8) is 0 Å². The van der Waals surface area contributed by atoms with Crippen molar-refractivity contribution in [1.29, 1.82) is 0 Å². The van der Waals surface area contributed by atoms with Crippen LogP contribution in [0.4, 0.5) is 5.69 Å². The molecular formula is C27H41N3O4. The molecule has 7 heteroatoms. The molecule has 3 atom stereocenters. The second kappa shape index (κ2) is 11.1. The third-order valence-electron chi connectivity index (χ3n) is 7.76. The first kappa shape index (κ1) is 25.0. The molecule has 0 radical (unpaired) electrons. The Labute approximate surface area is 204 Å². The number of anilines is 1. The van der Waals surface area contributed by atoms with Crippen LogP contribution in [-0.2, 0) is 9.53 Å². The van der Waals surface area contributed by atoms with Crippen LogP contribution in [0.2, 0.25) is 0 Å². The average Bonchev–Trinajstić information content (AvgIpc) is 3.56. The Kier molecular flexibility index (Phi) is 8.14. The summed E-state index contributed by atoms with van der Waals surface area (Å²) in [7, 11) is 3.56. The minimum atomic E-state index is -0.0969. The summed E-state index contributed by atoms with van der Waals surface area (Å²) < 4.78 is 12.2. The van der Waals surface area contributed by atoms with Crippen LogP contribution in [-0.4, -0.2) is 74.2 Å². The van der Waals surface area contributed by atoms with Gasteiger partial charge in [-0.2, -0.15) is 0 Å². The van der Waals surface area contributed by atoms with Gasteiger partial charge in [0.25, 0.3) is 5.91 Å². The topological polar surface area (TPSA) is 71.1 Å². The van der Waals surface area contributed by atoms with Gasteiger partial charge in [0.1, 0.15) is 12.4 Å². The van der Waals surface area contributed by atoms with Gasteiger partial charge in [-0.05, 0) is 56.6 Å². The molecule has 2 fully saturated rings. The summed E-state index contributed by atoms with van der Waals surface area (Å²) in [5.74, 6) is 1.62. The number of likely N-dealkylation sites (N-methyl/N-ethyl adjacent to an activating group) is 1. The molecule has 2 amide bonds. The van der Waals surface area contributed by atoms with E-state index in [0.29, 0.717) is 30.2 Å². The molecule has 1 aromatic rings. The van der Waals surface area contributed by atoms with Crippen molar-refractivity contribution in [1.82, 2.24) is 9.80 Å². The summed E-state index contributed by atoms with van der Waals surface area (Å²) in [4.78, 5) is 29.9. The number of hydrogen-bond donors (Lipinski definition) is 1. The molecule has 0 saturated heterocycles. The highest BCUT2D eigenvalue weighted by molar-refractivity contribution is 5.99. The lowest BCUT2D eigenvalue weighted by Crippen LogP contribution is -2.47. The van der Waals surface area contributed by atoms with Crippen molar-refractivity contribution in [2.24, 2.45) is 17.8 Å². The molecule has 0 aromatic heterocycles. The summed E-state index contributed by atoms with van der Waals surface area (Å²) in [6.07, 6.45) is 7.11. The zero-order valence-electron chi connectivity index (χ0n) is 21.2. The van der Waals surface area contributed by atoms with E-state index in [1.165, 1.54) is 25.7 Å². The Balaban J connectivity index is 1.59. The van der Waals surface area contributed by atoms with Crippen LogP contribution in [0.25, 0.3) is 0 Å². The number of benzene rings is 1. The third kappa shape index (κ3) is 6.11. The quantitative estimate of drug-likeness (QED) is 0.702. The van der Waals surface area contributed by atoms with E-state index in [1.54, 1.807) is 30.2 Å². The van der Waals surface area contributed by atoms with Crippen LogP contribution in [0.5, 0.6) is 5.75 Å². The molecule has 1 heterocycles. The van der Waals surface area contributed by atoms with Gasteiger partial charge in [0, 0.05) is 57.5 Å². The minimum Gasteiger partial charge on any atom is -0.491 e. The van der Waals surface area contributed by atoms with Gasteiger partial charge >= 0.3 is 0 Å². The van der Waals surface area contributed by atoms with Crippen molar-refractivity contribution in [2.75, 3.05) is 45.7 Å². The zero-order valence-corrected chi connectivity index (χ0v) is 21.2. The Morgan fingerprint density at radius 1 is 1.15 bits per heavy atom. The fourth-order valence-electron chi connectivity index (χ4n) is 5.29. The zero-order chi connectivity index (χ0) is 24.2. The molecule has 1 N–H and O–H groups in total. The number of fused-ring (bicyclic) bond motifs is 1. The van der Waals surface area contributed by atoms with Gasteiger partial charge in [0.15, 0.2) is 0 Å². The molecule has 1 aliphatic heterocycles. The maximum Gasteiger partial charge on any atom is 0.257 e. The van der Waals surface area contributed by atoms with E-state index in [2.05, 4.69) is 24.1 Å². The van der Waals surface area contributed by atoms with Crippen LogP contribution in [0.15, 0.2) is 18.2 Å². The normalized spacial score (nSPS) is 27.5. The van der Waals surface area contributed by atoms with Gasteiger partial charge in [-0.15, -0.1) is 0 Å². The van der Waals surface area contributed by atoms with E-state index >= 15 is 0 Å². The van der Waals surface area contributed by atoms with Gasteiger partial charge < -0.3 is 19.7 Å². The van der Waals surface area contributed by atoms with Crippen LogP contribution in [0.1, 0.15) is 62.7 Å². The molecule has 0 spiro atoms. The van der Waals surface area contributed by atoms with E-state index in [0.717, 1.165) is 31.8 Å². The van der Waals surface area contributed by atoms with E-state index in [-0.39, 0.29) is 35.8 Å². The molecule has 7 nitrogen and oxygen atoms in total. The maximum absolute atomic E-state index is 13.3. The van der Waals surface area contributed by atoms with Gasteiger partial charge in [-0.3, -0.25) is 14.5 Å². The number of carbonyl (C=O) groups is 2. The van der Waals surface area contributed by atoms with Crippen LogP contribution >= 0.6 is 0 Å². The maximum atomic E-state index is 13.3. The molecule has 1 aromatic carbocycles. The second-order valence-electron chi connectivity index (χ2n) is 10.7. The number of nitrogens with zero attached hydrogens (tertiary/aromatic N) is 2. The average molecular weight is 472 g/mol. The Morgan fingerprint density at radius 3 is 2.56 bits per heavy atom. The second-order valence-corrected chi connectivity index (χ2v) is 10.7. The van der Waals surface area contributed by atoms with Gasteiger partial charge in [-0.1, -0.05) is 19.8 Å². The van der Waals surface area contributed by atoms with Crippen LogP contribution in [0.3, 0.4) is 0 Å². The van der Waals surface area contributed by atoms with Crippen molar-refractivity contribution in [3.8, 4) is 5.75 Å². The van der Waals surface area contributed by atoms with Gasteiger partial charge in [0.2, 0.25) is 5.91 Å². The summed E-state index contributed by atoms with van der Waals surface area (Å²) >= 11 is 0. The molecule has 0 bridgehead atoms. The predicted molar refractivity (Wildman–Crippen MR) is 133 cm³/mol. The number of carbonyl (C=O) groups excluding carboxylic acids is 2. The van der Waals surface area contributed by atoms with E-state index < -0.39 is 0 Å². The third-order valence-corrected chi connectivity index (χ3v) is 7.76. The lowest BCUT2D eigenvalue weighted by atomic mass is 9.99. The van der Waals surface area contributed by atoms with Crippen LogP contribution in [0, 0.1) is 17.8 Å². The van der Waals surface area contributed by atoms with E-state index in [9.17, 15) is 9.59 Å². The minimum absolute atomic E-state index is 0.0459. The molecule has 4 rings (SSSR count). The Bertz CT molecular complexity index is 865. The summed E-state index contributed by atoms with van der Waals surface area (Å²) in [6.45, 7) is 7.41. The standard InChI is InChI=1S/C27H41N3O4/c1-18-14-30(15-20-7-5-6-8-20)19(2)17-34-24-13-22(28-26(31)21-9-10-21)11-12-23(24)27(32)29(3)16-25(18)33-4/h11-13,18-21,25H,5-10,14-17H2,1-4H3,(H,28,31)/t18-,19-,25+/m0/s1. The first-order valence-corrected chi connectivity index (χ1v) is 13.0. The van der Waals surface area contributed by atoms with Crippen molar-refractivity contribution in [3.05, 3.63) is 23.8 Å². The number of amides is 2. The summed E-state index contributed by atoms with van der Waals surface area (Å²) in [5.41, 5.74) is 1.20. The van der Waals surface area contributed by atoms with Crippen molar-refractivity contribution in [2.45, 2.75) is 64.5 Å². The molecule has 0 unspecified atom stereocenters. The smallest absolute Gasteiger partial charge is 0.257 e. The molecular weight excluding hydrogens is 430 g/mol. The van der Waals surface area contributed by atoms with Gasteiger partial charge in [0.05, 0.1) is 11.7 Å². The van der Waals surface area contributed by atoms with Crippen LogP contribution < -0.4 is 10.1 Å². The number of hydrogen-bond acceptors (Lipinski definition) is 5. The lowest BCUT2D eigenvalue weighted by molar-refractivity contribution is -0.117. The number of methoxy groups -OCH3 is 1. The van der Waals surface area contributed by atoms with Gasteiger partial charge in [-0.25, -0.2) is 0 Å². The fourth-order valence-corrected chi connectivity index (χ4v) is 5.29. The Morgan fingerprint density at radius 2 is 1.88 bits per heavy atom. The molecule has 188 valence electrons. The first-order valence-electron chi connectivity index (χ1n) is 13.0. The number of ether oxygens (including phenoxy) is 2. The summed E-state index contributed by atoms with van der Waals surface area (Å²) in [6, 6.07) is 5.57. The Hall–Kier alpha value is -2.12. The predicted octanol–water partition coefficient (Wildman–Crippen LogP) is 4.03. The monoisotopic (exact) mass is 471 g/mol. The summed E-state index contributed by atoms with van der Waals surface area (Å²) in [5, 5.41) is 2.98. The highest BCUT2D eigenvalue weighted by atomic mass is 16.5.